The van der Waals surface area contributed by atoms with Crippen molar-refractivity contribution in [3.8, 4) is 0 Å². The zero-order valence-electron chi connectivity index (χ0n) is 7.54. The minimum absolute atomic E-state index is 0.0862. The fourth-order valence-corrected chi connectivity index (χ4v) is 2.70. The van der Waals surface area contributed by atoms with Gasteiger partial charge in [-0.3, -0.25) is 4.79 Å². The number of halogens is 2. The van der Waals surface area contributed by atoms with Crippen LogP contribution in [0.25, 0.3) is 0 Å². The summed E-state index contributed by atoms with van der Waals surface area (Å²) in [5, 5.41) is 1.83. The van der Waals surface area contributed by atoms with E-state index in [2.05, 4.69) is 15.9 Å². The van der Waals surface area contributed by atoms with Gasteiger partial charge in [0.2, 0.25) is 5.78 Å². The van der Waals surface area contributed by atoms with Crippen LogP contribution in [0.3, 0.4) is 0 Å². The van der Waals surface area contributed by atoms with Crippen molar-refractivity contribution in [2.24, 2.45) is 0 Å². The highest BCUT2D eigenvalue weighted by atomic mass is 79.9. The zero-order chi connectivity index (χ0) is 10.8. The lowest BCUT2D eigenvalue weighted by Gasteiger charge is -1.98. The van der Waals surface area contributed by atoms with Crippen molar-refractivity contribution in [1.29, 1.82) is 0 Å². The first-order valence-electron chi connectivity index (χ1n) is 4.22. The second-order valence-electron chi connectivity index (χ2n) is 2.93. The summed E-state index contributed by atoms with van der Waals surface area (Å²) in [6.07, 6.45) is 0. The van der Waals surface area contributed by atoms with E-state index in [0.717, 1.165) is 4.47 Å². The van der Waals surface area contributed by atoms with Crippen LogP contribution in [0.5, 0.6) is 0 Å². The topological polar surface area (TPSA) is 17.1 Å². The average molecular weight is 285 g/mol. The molecule has 2 rings (SSSR count). The maximum atomic E-state index is 12.7. The molecule has 1 heterocycles. The smallest absolute Gasteiger partial charge is 0.204 e. The van der Waals surface area contributed by atoms with E-state index in [4.69, 9.17) is 0 Å². The molecule has 1 aromatic heterocycles. The fraction of sp³-hybridized carbons (Fsp3) is 0. The first-order valence-corrected chi connectivity index (χ1v) is 5.89. The van der Waals surface area contributed by atoms with Crippen molar-refractivity contribution >= 4 is 33.0 Å². The van der Waals surface area contributed by atoms with E-state index in [9.17, 15) is 9.18 Å². The molecule has 2 aromatic rings. The van der Waals surface area contributed by atoms with Crippen molar-refractivity contribution in [3.63, 3.8) is 0 Å². The van der Waals surface area contributed by atoms with Crippen molar-refractivity contribution in [1.82, 2.24) is 0 Å². The molecule has 76 valence electrons. The Balaban J connectivity index is 2.37. The van der Waals surface area contributed by atoms with Gasteiger partial charge in [-0.2, -0.15) is 0 Å². The first kappa shape index (κ1) is 10.5. The van der Waals surface area contributed by atoms with Gasteiger partial charge in [0.1, 0.15) is 5.82 Å². The first-order chi connectivity index (χ1) is 7.18. The Kier molecular flexibility index (Phi) is 2.98. The molecule has 0 amide bonds. The Morgan fingerprint density at radius 2 is 1.87 bits per heavy atom. The number of hydrogen-bond acceptors (Lipinski definition) is 2. The van der Waals surface area contributed by atoms with Gasteiger partial charge in [0.15, 0.2) is 0 Å². The molecule has 0 bridgehead atoms. The Morgan fingerprint density at radius 3 is 2.40 bits per heavy atom. The predicted molar refractivity (Wildman–Crippen MR) is 61.9 cm³/mol. The lowest BCUT2D eigenvalue weighted by Crippen LogP contribution is -1.98. The van der Waals surface area contributed by atoms with E-state index >= 15 is 0 Å². The number of rotatable bonds is 2. The summed E-state index contributed by atoms with van der Waals surface area (Å²) in [5.41, 5.74) is 0.500. The summed E-state index contributed by atoms with van der Waals surface area (Å²) in [4.78, 5) is 12.5. The minimum Gasteiger partial charge on any atom is -0.288 e. The number of thiophene rings is 1. The van der Waals surface area contributed by atoms with E-state index in [1.54, 1.807) is 0 Å². The van der Waals surface area contributed by atoms with Crippen LogP contribution in [0.15, 0.2) is 40.2 Å². The third-order valence-electron chi connectivity index (χ3n) is 1.93. The largest absolute Gasteiger partial charge is 0.288 e. The molecule has 0 fully saturated rings. The molecule has 0 aliphatic heterocycles. The van der Waals surface area contributed by atoms with Gasteiger partial charge >= 0.3 is 0 Å². The maximum absolute atomic E-state index is 12.7. The van der Waals surface area contributed by atoms with Gasteiger partial charge in [-0.1, -0.05) is 0 Å². The van der Waals surface area contributed by atoms with E-state index in [1.165, 1.54) is 35.6 Å². The van der Waals surface area contributed by atoms with Crippen LogP contribution in [0.1, 0.15) is 15.2 Å². The molecular weight excluding hydrogens is 279 g/mol. The van der Waals surface area contributed by atoms with Crippen molar-refractivity contribution in [3.05, 3.63) is 56.4 Å². The van der Waals surface area contributed by atoms with Crippen LogP contribution in [-0.2, 0) is 0 Å². The summed E-state index contributed by atoms with van der Waals surface area (Å²) in [7, 11) is 0. The van der Waals surface area contributed by atoms with E-state index in [-0.39, 0.29) is 11.6 Å². The van der Waals surface area contributed by atoms with Gasteiger partial charge in [-0.05, 0) is 51.6 Å². The van der Waals surface area contributed by atoms with Crippen molar-refractivity contribution in [2.45, 2.75) is 0 Å². The van der Waals surface area contributed by atoms with Gasteiger partial charge in [0.25, 0.3) is 0 Å². The Morgan fingerprint density at radius 1 is 1.20 bits per heavy atom. The summed E-state index contributed by atoms with van der Waals surface area (Å²) in [5.74, 6) is -0.423. The summed E-state index contributed by atoms with van der Waals surface area (Å²) >= 11 is 4.66. The van der Waals surface area contributed by atoms with E-state index in [1.807, 2.05) is 11.4 Å². The average Bonchev–Trinajstić information content (AvgIpc) is 2.65. The molecule has 0 aliphatic rings. The zero-order valence-corrected chi connectivity index (χ0v) is 9.94. The normalized spacial score (nSPS) is 10.3. The van der Waals surface area contributed by atoms with E-state index < -0.39 is 0 Å². The molecule has 0 radical (unpaired) electrons. The standard InChI is InChI=1S/C11H6BrFOS/c12-9-5-6-15-11(9)10(14)7-1-3-8(13)4-2-7/h1-6H. The minimum atomic E-state index is -0.336. The highest BCUT2D eigenvalue weighted by Gasteiger charge is 2.13. The molecule has 0 saturated carbocycles. The van der Waals surface area contributed by atoms with Gasteiger partial charge in [0, 0.05) is 10.0 Å². The number of ketones is 1. The van der Waals surface area contributed by atoms with Gasteiger partial charge in [-0.15, -0.1) is 11.3 Å². The molecule has 0 N–H and O–H groups in total. The molecule has 4 heteroatoms. The second-order valence-corrected chi connectivity index (χ2v) is 4.70. The monoisotopic (exact) mass is 284 g/mol. The van der Waals surface area contributed by atoms with Crippen LogP contribution in [-0.4, -0.2) is 5.78 Å². The summed E-state index contributed by atoms with van der Waals surface area (Å²) in [6.45, 7) is 0. The second kappa shape index (κ2) is 4.24. The van der Waals surface area contributed by atoms with Gasteiger partial charge in [-0.25, -0.2) is 4.39 Å². The third kappa shape index (κ3) is 2.16. The van der Waals surface area contributed by atoms with Crippen LogP contribution in [0, 0.1) is 5.82 Å². The number of hydrogen-bond donors (Lipinski definition) is 0. The maximum Gasteiger partial charge on any atom is 0.204 e. The molecule has 0 atom stereocenters. The van der Waals surface area contributed by atoms with Crippen LogP contribution >= 0.6 is 27.3 Å². The molecule has 0 saturated heterocycles. The Bertz CT molecular complexity index is 490. The predicted octanol–water partition coefficient (Wildman–Crippen LogP) is 3.88. The number of benzene rings is 1. The third-order valence-corrected chi connectivity index (χ3v) is 3.77. The van der Waals surface area contributed by atoms with Crippen LogP contribution in [0.2, 0.25) is 0 Å². The fourth-order valence-electron chi connectivity index (χ4n) is 1.19. The van der Waals surface area contributed by atoms with Gasteiger partial charge in [0.05, 0.1) is 4.88 Å². The summed E-state index contributed by atoms with van der Waals surface area (Å²) in [6, 6.07) is 7.37. The molecule has 1 nitrogen and oxygen atoms in total. The SMILES string of the molecule is O=C(c1ccc(F)cc1)c1sccc1Br. The lowest BCUT2D eigenvalue weighted by atomic mass is 10.1. The lowest BCUT2D eigenvalue weighted by molar-refractivity contribution is 0.104. The highest BCUT2D eigenvalue weighted by Crippen LogP contribution is 2.25. The molecule has 15 heavy (non-hydrogen) atoms. The molecule has 0 aliphatic carbocycles. The molecule has 0 spiro atoms. The quantitative estimate of drug-likeness (QED) is 0.765. The molecule has 1 aromatic carbocycles. The molecule has 0 unspecified atom stereocenters. The van der Waals surface area contributed by atoms with Crippen molar-refractivity contribution in [2.75, 3.05) is 0 Å². The summed E-state index contributed by atoms with van der Waals surface area (Å²) < 4.78 is 13.4. The highest BCUT2D eigenvalue weighted by molar-refractivity contribution is 9.10. The number of carbonyl (C=O) groups excluding carboxylic acids is 1. The van der Waals surface area contributed by atoms with E-state index in [0.29, 0.717) is 10.4 Å². The van der Waals surface area contributed by atoms with Gasteiger partial charge < -0.3 is 0 Å². The molecular formula is C11H6BrFOS. The Labute approximate surface area is 98.7 Å². The Hall–Kier alpha value is -1.00. The van der Waals surface area contributed by atoms with Crippen LogP contribution in [0.4, 0.5) is 4.39 Å². The van der Waals surface area contributed by atoms with Crippen molar-refractivity contribution < 1.29 is 9.18 Å². The van der Waals surface area contributed by atoms with Crippen LogP contribution < -0.4 is 0 Å². The number of carbonyl (C=O) groups is 1.